The standard InChI is InChI=1S/C24H24N4O3.C2H2O4/c1-16-25-20-8-4-5-9-21(20)27(16)14-17-10-12-26(13-11-17)22(29)15-28-23(30)18-6-2-3-7-19(18)24(28)31;3-1(4)2(5)6/h2-9,17H,10-15H2,1H3;(H,3,4)(H,5,6). The fraction of sp³-hybridized carbons (Fsp3) is 0.308. The first-order chi connectivity index (χ1) is 17.7. The van der Waals surface area contributed by atoms with Gasteiger partial charge in [0.2, 0.25) is 5.91 Å². The number of carboxylic acid groups (broad SMARTS) is 2. The fourth-order valence-electron chi connectivity index (χ4n) is 4.67. The number of para-hydroxylation sites is 2. The second kappa shape index (κ2) is 10.6. The first-order valence-electron chi connectivity index (χ1n) is 11.8. The Morgan fingerprint density at radius 3 is 2.00 bits per heavy atom. The summed E-state index contributed by atoms with van der Waals surface area (Å²) >= 11 is 0. The molecule has 192 valence electrons. The van der Waals surface area contributed by atoms with Crippen molar-refractivity contribution in [1.82, 2.24) is 19.4 Å². The van der Waals surface area contributed by atoms with Crippen LogP contribution in [0.4, 0.5) is 0 Å². The van der Waals surface area contributed by atoms with E-state index in [1.807, 2.05) is 25.1 Å². The molecule has 3 heterocycles. The highest BCUT2D eigenvalue weighted by molar-refractivity contribution is 6.27. The third kappa shape index (κ3) is 5.35. The Morgan fingerprint density at radius 1 is 0.892 bits per heavy atom. The zero-order chi connectivity index (χ0) is 26.7. The Kier molecular flexibility index (Phi) is 7.32. The van der Waals surface area contributed by atoms with Gasteiger partial charge >= 0.3 is 11.9 Å². The number of nitrogens with zero attached hydrogens (tertiary/aromatic N) is 4. The van der Waals surface area contributed by atoms with E-state index in [9.17, 15) is 14.4 Å². The summed E-state index contributed by atoms with van der Waals surface area (Å²) in [7, 11) is 0. The third-order valence-electron chi connectivity index (χ3n) is 6.61. The average Bonchev–Trinajstić information content (AvgIpc) is 3.33. The van der Waals surface area contributed by atoms with Crippen LogP contribution in [0.25, 0.3) is 11.0 Å². The van der Waals surface area contributed by atoms with E-state index >= 15 is 0 Å². The molecule has 2 aromatic carbocycles. The molecule has 0 radical (unpaired) electrons. The van der Waals surface area contributed by atoms with Gasteiger partial charge in [0.05, 0.1) is 22.2 Å². The number of likely N-dealkylation sites (tertiary alicyclic amines) is 1. The predicted molar refractivity (Wildman–Crippen MR) is 131 cm³/mol. The van der Waals surface area contributed by atoms with E-state index in [4.69, 9.17) is 19.8 Å². The van der Waals surface area contributed by atoms with Crippen LogP contribution in [-0.4, -0.2) is 78.9 Å². The number of piperidine rings is 1. The molecule has 0 saturated carbocycles. The fourth-order valence-corrected chi connectivity index (χ4v) is 4.67. The molecule has 0 bridgehead atoms. The van der Waals surface area contributed by atoms with Gasteiger partial charge in [-0.15, -0.1) is 0 Å². The van der Waals surface area contributed by atoms with Gasteiger partial charge in [0.15, 0.2) is 0 Å². The van der Waals surface area contributed by atoms with Gasteiger partial charge in [-0.1, -0.05) is 24.3 Å². The lowest BCUT2D eigenvalue weighted by Gasteiger charge is -2.33. The minimum atomic E-state index is -1.82. The summed E-state index contributed by atoms with van der Waals surface area (Å²) in [5, 5.41) is 14.8. The summed E-state index contributed by atoms with van der Waals surface area (Å²) in [6, 6.07) is 14.9. The number of aliphatic carboxylic acids is 2. The summed E-state index contributed by atoms with van der Waals surface area (Å²) in [4.78, 5) is 63.5. The van der Waals surface area contributed by atoms with Crippen LogP contribution in [0.1, 0.15) is 39.4 Å². The summed E-state index contributed by atoms with van der Waals surface area (Å²) in [6.07, 6.45) is 1.78. The van der Waals surface area contributed by atoms with E-state index in [0.717, 1.165) is 41.1 Å². The molecule has 0 spiro atoms. The zero-order valence-electron chi connectivity index (χ0n) is 20.2. The van der Waals surface area contributed by atoms with Gasteiger partial charge in [-0.3, -0.25) is 19.3 Å². The smallest absolute Gasteiger partial charge is 0.414 e. The van der Waals surface area contributed by atoms with Gasteiger partial charge < -0.3 is 19.7 Å². The van der Waals surface area contributed by atoms with E-state index < -0.39 is 11.9 Å². The van der Waals surface area contributed by atoms with Crippen molar-refractivity contribution in [1.29, 1.82) is 0 Å². The molecule has 11 nitrogen and oxygen atoms in total. The summed E-state index contributed by atoms with van der Waals surface area (Å²) in [6.45, 7) is 3.99. The summed E-state index contributed by atoms with van der Waals surface area (Å²) < 4.78 is 2.26. The Labute approximate surface area is 211 Å². The van der Waals surface area contributed by atoms with Gasteiger partial charge in [-0.25, -0.2) is 14.6 Å². The van der Waals surface area contributed by atoms with Crippen molar-refractivity contribution in [3.8, 4) is 0 Å². The van der Waals surface area contributed by atoms with Gasteiger partial charge in [0.1, 0.15) is 12.4 Å². The second-order valence-electron chi connectivity index (χ2n) is 8.93. The second-order valence-corrected chi connectivity index (χ2v) is 8.93. The number of hydrogen-bond donors (Lipinski definition) is 2. The Bertz CT molecular complexity index is 1340. The van der Waals surface area contributed by atoms with Crippen LogP contribution < -0.4 is 0 Å². The largest absolute Gasteiger partial charge is 0.473 e. The van der Waals surface area contributed by atoms with Crippen LogP contribution >= 0.6 is 0 Å². The van der Waals surface area contributed by atoms with Gasteiger partial charge in [0, 0.05) is 19.6 Å². The molecule has 11 heteroatoms. The molecule has 1 saturated heterocycles. The summed E-state index contributed by atoms with van der Waals surface area (Å²) in [5.74, 6) is -3.12. The van der Waals surface area contributed by atoms with Crippen LogP contribution in [-0.2, 0) is 20.9 Å². The number of carbonyl (C=O) groups excluding carboxylic acids is 3. The molecule has 2 aliphatic heterocycles. The highest BCUT2D eigenvalue weighted by Crippen LogP contribution is 2.25. The zero-order valence-corrected chi connectivity index (χ0v) is 20.2. The minimum absolute atomic E-state index is 0.169. The molecular formula is C26H26N4O7. The van der Waals surface area contributed by atoms with E-state index in [-0.39, 0.29) is 24.3 Å². The highest BCUT2D eigenvalue weighted by Gasteiger charge is 2.37. The Hall–Kier alpha value is -4.54. The molecule has 1 aromatic heterocycles. The van der Waals surface area contributed by atoms with Gasteiger partial charge in [-0.2, -0.15) is 0 Å². The monoisotopic (exact) mass is 506 g/mol. The van der Waals surface area contributed by atoms with Crippen LogP contribution in [0, 0.1) is 12.8 Å². The van der Waals surface area contributed by atoms with Crippen LogP contribution in [0.15, 0.2) is 48.5 Å². The molecule has 2 aliphatic rings. The number of benzene rings is 2. The number of imidazole rings is 1. The highest BCUT2D eigenvalue weighted by atomic mass is 16.4. The van der Waals surface area contributed by atoms with Gasteiger partial charge in [-0.05, 0) is 49.9 Å². The Morgan fingerprint density at radius 2 is 1.43 bits per heavy atom. The molecule has 3 amide bonds. The van der Waals surface area contributed by atoms with E-state index in [0.29, 0.717) is 30.1 Å². The summed E-state index contributed by atoms with van der Waals surface area (Å²) in [5.41, 5.74) is 2.90. The number of carbonyl (C=O) groups is 5. The number of carboxylic acids is 2. The minimum Gasteiger partial charge on any atom is -0.473 e. The normalized spacial score (nSPS) is 15.4. The number of fused-ring (bicyclic) bond motifs is 2. The van der Waals surface area contributed by atoms with Crippen LogP contribution in [0.5, 0.6) is 0 Å². The lowest BCUT2D eigenvalue weighted by molar-refractivity contribution is -0.159. The Balaban J connectivity index is 0.000000480. The van der Waals surface area contributed by atoms with Crippen LogP contribution in [0.3, 0.4) is 0 Å². The first kappa shape index (κ1) is 25.5. The van der Waals surface area contributed by atoms with Crippen molar-refractivity contribution in [2.45, 2.75) is 26.3 Å². The van der Waals surface area contributed by atoms with Crippen LogP contribution in [0.2, 0.25) is 0 Å². The number of hydrogen-bond acceptors (Lipinski definition) is 6. The van der Waals surface area contributed by atoms with E-state index in [1.54, 1.807) is 29.2 Å². The lowest BCUT2D eigenvalue weighted by atomic mass is 9.96. The van der Waals surface area contributed by atoms with E-state index in [2.05, 4.69) is 15.6 Å². The molecule has 2 N–H and O–H groups in total. The number of amides is 3. The molecule has 3 aromatic rings. The number of aryl methyl sites for hydroxylation is 1. The number of rotatable bonds is 4. The SMILES string of the molecule is Cc1nc2ccccc2n1CC1CCN(C(=O)CN2C(=O)c3ccccc3C2=O)CC1.O=C(O)C(=O)O. The quantitative estimate of drug-likeness (QED) is 0.403. The first-order valence-corrected chi connectivity index (χ1v) is 11.8. The van der Waals surface area contributed by atoms with Gasteiger partial charge in [0.25, 0.3) is 11.8 Å². The van der Waals surface area contributed by atoms with E-state index in [1.165, 1.54) is 0 Å². The van der Waals surface area contributed by atoms with Crippen molar-refractivity contribution < 1.29 is 34.2 Å². The molecule has 1 fully saturated rings. The van der Waals surface area contributed by atoms with Crippen molar-refractivity contribution in [2.75, 3.05) is 19.6 Å². The molecule has 0 aliphatic carbocycles. The molecule has 37 heavy (non-hydrogen) atoms. The topological polar surface area (TPSA) is 150 Å². The average molecular weight is 507 g/mol. The van der Waals surface area contributed by atoms with Crippen molar-refractivity contribution in [3.05, 3.63) is 65.5 Å². The molecule has 0 unspecified atom stereocenters. The number of aromatic nitrogens is 2. The van der Waals surface area contributed by atoms with Crippen molar-refractivity contribution in [3.63, 3.8) is 0 Å². The number of imide groups is 1. The maximum atomic E-state index is 12.8. The molecule has 0 atom stereocenters. The molecule has 5 rings (SSSR count). The third-order valence-corrected chi connectivity index (χ3v) is 6.61. The van der Waals surface area contributed by atoms with Crippen molar-refractivity contribution >= 4 is 40.7 Å². The lowest BCUT2D eigenvalue weighted by Crippen LogP contribution is -2.46. The maximum absolute atomic E-state index is 12.8. The van der Waals surface area contributed by atoms with Crippen molar-refractivity contribution in [2.24, 2.45) is 5.92 Å². The molecular weight excluding hydrogens is 480 g/mol. The predicted octanol–water partition coefficient (Wildman–Crippen LogP) is 2.04. The maximum Gasteiger partial charge on any atom is 0.414 e.